The second-order valence-corrected chi connectivity index (χ2v) is 10.3. The topological polar surface area (TPSA) is 110 Å². The molecule has 0 saturated heterocycles. The fraction of sp³-hybridized carbons (Fsp3) is 0.292. The van der Waals surface area contributed by atoms with Crippen LogP contribution in [0.15, 0.2) is 53.6 Å². The van der Waals surface area contributed by atoms with E-state index in [-0.39, 0.29) is 26.5 Å². The molecule has 0 saturated carbocycles. The first kappa shape index (κ1) is 26.7. The van der Waals surface area contributed by atoms with Crippen LogP contribution in [-0.4, -0.2) is 30.9 Å². The van der Waals surface area contributed by atoms with Crippen LogP contribution in [0.2, 0.25) is 10.0 Å². The van der Waals surface area contributed by atoms with Gasteiger partial charge in [-0.25, -0.2) is 23.1 Å². The van der Waals surface area contributed by atoms with Gasteiger partial charge in [0.1, 0.15) is 0 Å². The van der Waals surface area contributed by atoms with Crippen LogP contribution in [0.4, 0.5) is 11.6 Å². The largest absolute Gasteiger partial charge is 0.490 e. The molecule has 2 N–H and O–H groups in total. The third kappa shape index (κ3) is 7.55. The molecule has 0 unspecified atom stereocenters. The van der Waals surface area contributed by atoms with E-state index in [0.717, 1.165) is 25.7 Å². The van der Waals surface area contributed by atoms with Gasteiger partial charge in [-0.05, 0) is 55.8 Å². The maximum atomic E-state index is 12.7. The summed E-state index contributed by atoms with van der Waals surface area (Å²) < 4.78 is 33.2. The van der Waals surface area contributed by atoms with Crippen molar-refractivity contribution in [2.75, 3.05) is 16.6 Å². The summed E-state index contributed by atoms with van der Waals surface area (Å²) >= 11 is 12.6. The SMILES string of the molecule is CCCCCCOc1c(Cl)cc(C(=O)Nc2ccc(S(=O)(=O)Nc3nccc(C)n3)cc2)cc1Cl. The zero-order valence-electron chi connectivity index (χ0n) is 19.3. The molecule has 0 aliphatic carbocycles. The van der Waals surface area contributed by atoms with E-state index in [2.05, 4.69) is 26.9 Å². The molecule has 2 aromatic carbocycles. The predicted molar refractivity (Wildman–Crippen MR) is 138 cm³/mol. The van der Waals surface area contributed by atoms with Gasteiger partial charge >= 0.3 is 0 Å². The molecule has 0 spiro atoms. The highest BCUT2D eigenvalue weighted by Gasteiger charge is 2.17. The first-order valence-corrected chi connectivity index (χ1v) is 13.3. The second-order valence-electron chi connectivity index (χ2n) is 7.78. The van der Waals surface area contributed by atoms with Crippen molar-refractivity contribution in [3.63, 3.8) is 0 Å². The number of nitrogens with one attached hydrogen (secondary N) is 2. The molecule has 1 amide bonds. The predicted octanol–water partition coefficient (Wildman–Crippen LogP) is 6.10. The molecule has 1 heterocycles. The molecular formula is C24H26Cl2N4O4S. The van der Waals surface area contributed by atoms with Gasteiger partial charge in [0.15, 0.2) is 5.75 Å². The highest BCUT2D eigenvalue weighted by atomic mass is 35.5. The summed E-state index contributed by atoms with van der Waals surface area (Å²) in [4.78, 5) is 20.6. The fourth-order valence-electron chi connectivity index (χ4n) is 3.13. The molecule has 0 aliphatic rings. The number of carbonyl (C=O) groups excluding carboxylic acids is 1. The number of unbranched alkanes of at least 4 members (excludes halogenated alkanes) is 3. The zero-order valence-corrected chi connectivity index (χ0v) is 21.7. The highest BCUT2D eigenvalue weighted by molar-refractivity contribution is 7.92. The second kappa shape index (κ2) is 12.2. The Hall–Kier alpha value is -2.88. The van der Waals surface area contributed by atoms with Gasteiger partial charge in [-0.1, -0.05) is 49.4 Å². The van der Waals surface area contributed by atoms with E-state index < -0.39 is 15.9 Å². The number of rotatable bonds is 11. The molecule has 3 aromatic rings. The third-order valence-corrected chi connectivity index (χ3v) is 6.85. The summed E-state index contributed by atoms with van der Waals surface area (Å²) in [6.45, 7) is 4.35. The number of anilines is 2. The number of amides is 1. The maximum Gasteiger partial charge on any atom is 0.264 e. The molecule has 35 heavy (non-hydrogen) atoms. The molecule has 3 rings (SSSR count). The summed E-state index contributed by atoms with van der Waals surface area (Å²) in [5.74, 6) is -0.129. The van der Waals surface area contributed by atoms with E-state index in [9.17, 15) is 13.2 Å². The van der Waals surface area contributed by atoms with E-state index in [1.54, 1.807) is 13.0 Å². The van der Waals surface area contributed by atoms with Gasteiger partial charge in [0.2, 0.25) is 5.95 Å². The Balaban J connectivity index is 1.64. The zero-order chi connectivity index (χ0) is 25.4. The first-order valence-electron chi connectivity index (χ1n) is 11.1. The molecule has 186 valence electrons. The van der Waals surface area contributed by atoms with Crippen molar-refractivity contribution < 1.29 is 17.9 Å². The summed E-state index contributed by atoms with van der Waals surface area (Å²) in [5, 5.41) is 3.18. The molecule has 0 bridgehead atoms. The molecule has 8 nitrogen and oxygen atoms in total. The normalized spacial score (nSPS) is 11.2. The standard InChI is InChI=1S/C24H26Cl2N4O4S/c1-3-4-5-6-13-34-22-20(25)14-17(15-21(22)26)23(31)29-18-7-9-19(10-8-18)35(32,33)30-24-27-12-11-16(2)28-24/h7-12,14-15H,3-6,13H2,1-2H3,(H,29,31)(H,27,28,30). The average Bonchev–Trinajstić information content (AvgIpc) is 2.80. The van der Waals surface area contributed by atoms with Gasteiger partial charge in [0, 0.05) is 23.1 Å². The minimum atomic E-state index is -3.89. The molecular weight excluding hydrogens is 511 g/mol. The van der Waals surface area contributed by atoms with Crippen molar-refractivity contribution in [1.82, 2.24) is 9.97 Å². The van der Waals surface area contributed by atoms with E-state index in [0.29, 0.717) is 23.7 Å². The highest BCUT2D eigenvalue weighted by Crippen LogP contribution is 2.34. The fourth-order valence-corrected chi connectivity index (χ4v) is 4.68. The van der Waals surface area contributed by atoms with Gasteiger partial charge in [-0.15, -0.1) is 0 Å². The Kier molecular flexibility index (Phi) is 9.31. The molecule has 11 heteroatoms. The Morgan fingerprint density at radius 2 is 1.71 bits per heavy atom. The molecule has 1 aromatic heterocycles. The van der Waals surface area contributed by atoms with Crippen molar-refractivity contribution in [1.29, 1.82) is 0 Å². The number of nitrogens with zero attached hydrogens (tertiary/aromatic N) is 2. The average molecular weight is 537 g/mol. The van der Waals surface area contributed by atoms with Crippen LogP contribution < -0.4 is 14.8 Å². The summed E-state index contributed by atoms with van der Waals surface area (Å²) in [6.07, 6.45) is 5.67. The third-order valence-electron chi connectivity index (χ3n) is 4.95. The monoisotopic (exact) mass is 536 g/mol. The molecule has 0 radical (unpaired) electrons. The van der Waals surface area contributed by atoms with Crippen molar-refractivity contribution in [3.8, 4) is 5.75 Å². The van der Waals surface area contributed by atoms with Gasteiger partial charge in [-0.2, -0.15) is 0 Å². The number of halogens is 2. The van der Waals surface area contributed by atoms with Crippen LogP contribution in [0.1, 0.15) is 48.7 Å². The van der Waals surface area contributed by atoms with Crippen molar-refractivity contribution in [2.24, 2.45) is 0 Å². The van der Waals surface area contributed by atoms with E-state index in [4.69, 9.17) is 27.9 Å². The number of aryl methyl sites for hydroxylation is 1. The molecule has 0 fully saturated rings. The number of benzene rings is 2. The van der Waals surface area contributed by atoms with Crippen molar-refractivity contribution >= 4 is 50.8 Å². The van der Waals surface area contributed by atoms with E-state index in [1.165, 1.54) is 42.6 Å². The smallest absolute Gasteiger partial charge is 0.264 e. The lowest BCUT2D eigenvalue weighted by molar-refractivity contribution is 0.102. The number of hydrogen-bond donors (Lipinski definition) is 2. The number of aromatic nitrogens is 2. The number of hydrogen-bond acceptors (Lipinski definition) is 6. The lowest BCUT2D eigenvalue weighted by atomic mass is 10.2. The molecule has 0 atom stereocenters. The van der Waals surface area contributed by atoms with Crippen LogP contribution in [-0.2, 0) is 10.0 Å². The lowest BCUT2D eigenvalue weighted by Crippen LogP contribution is -2.16. The van der Waals surface area contributed by atoms with Crippen molar-refractivity contribution in [2.45, 2.75) is 44.4 Å². The minimum Gasteiger partial charge on any atom is -0.490 e. The number of ether oxygens (including phenoxy) is 1. The van der Waals surface area contributed by atoms with Crippen LogP contribution in [0.5, 0.6) is 5.75 Å². The minimum absolute atomic E-state index is 0.00728. The van der Waals surface area contributed by atoms with Gasteiger partial charge in [0.05, 0.1) is 21.5 Å². The van der Waals surface area contributed by atoms with Crippen LogP contribution in [0.3, 0.4) is 0 Å². The number of sulfonamides is 1. The van der Waals surface area contributed by atoms with Gasteiger partial charge in [-0.3, -0.25) is 4.79 Å². The van der Waals surface area contributed by atoms with E-state index in [1.807, 2.05) is 0 Å². The Bertz CT molecular complexity index is 1260. The van der Waals surface area contributed by atoms with Crippen LogP contribution in [0, 0.1) is 6.92 Å². The molecule has 0 aliphatic heterocycles. The maximum absolute atomic E-state index is 12.7. The Morgan fingerprint density at radius 3 is 2.34 bits per heavy atom. The van der Waals surface area contributed by atoms with Crippen LogP contribution >= 0.6 is 23.2 Å². The van der Waals surface area contributed by atoms with E-state index >= 15 is 0 Å². The summed E-state index contributed by atoms with van der Waals surface area (Å²) in [6, 6.07) is 10.3. The van der Waals surface area contributed by atoms with Crippen LogP contribution in [0.25, 0.3) is 0 Å². The number of carbonyl (C=O) groups is 1. The van der Waals surface area contributed by atoms with Crippen molar-refractivity contribution in [3.05, 3.63) is 70.0 Å². The lowest BCUT2D eigenvalue weighted by Gasteiger charge is -2.12. The Morgan fingerprint density at radius 1 is 1.03 bits per heavy atom. The first-order chi connectivity index (χ1) is 16.7. The Labute approximate surface area is 215 Å². The summed E-state index contributed by atoms with van der Waals surface area (Å²) in [7, 11) is -3.89. The van der Waals surface area contributed by atoms with Gasteiger partial charge < -0.3 is 10.1 Å². The quantitative estimate of drug-likeness (QED) is 0.286. The van der Waals surface area contributed by atoms with Gasteiger partial charge in [0.25, 0.3) is 15.9 Å². The summed E-state index contributed by atoms with van der Waals surface area (Å²) in [5.41, 5.74) is 1.26.